The highest BCUT2D eigenvalue weighted by Crippen LogP contribution is 2.35. The van der Waals surface area contributed by atoms with Crippen molar-refractivity contribution >= 4 is 5.69 Å². The molecule has 1 aliphatic heterocycles. The predicted molar refractivity (Wildman–Crippen MR) is 118 cm³/mol. The molecule has 0 atom stereocenters. The van der Waals surface area contributed by atoms with Gasteiger partial charge in [0.25, 0.3) is 5.56 Å². The first-order valence-electron chi connectivity index (χ1n) is 10.3. The summed E-state index contributed by atoms with van der Waals surface area (Å²) in [5.74, 6) is -1.49. The Bertz CT molecular complexity index is 1270. The number of nitriles is 1. The number of pyridine rings is 2. The summed E-state index contributed by atoms with van der Waals surface area (Å²) in [6.07, 6.45) is 4.50. The van der Waals surface area contributed by atoms with Crippen molar-refractivity contribution < 1.29 is 13.5 Å². The second-order valence-corrected chi connectivity index (χ2v) is 7.73. The molecule has 1 fully saturated rings. The van der Waals surface area contributed by atoms with Gasteiger partial charge in [-0.2, -0.15) is 5.26 Å². The lowest BCUT2D eigenvalue weighted by Gasteiger charge is -2.29. The predicted octanol–water partition coefficient (Wildman–Crippen LogP) is 4.26. The van der Waals surface area contributed by atoms with Crippen LogP contribution in [0.2, 0.25) is 0 Å². The molecular formula is C24H22F2N4O2. The molecule has 1 aliphatic rings. The summed E-state index contributed by atoms with van der Waals surface area (Å²) in [5.41, 5.74) is 1.98. The molecule has 0 unspecified atom stereocenters. The van der Waals surface area contributed by atoms with Gasteiger partial charge < -0.3 is 14.2 Å². The van der Waals surface area contributed by atoms with E-state index in [9.17, 15) is 13.6 Å². The van der Waals surface area contributed by atoms with E-state index in [1.807, 2.05) is 11.0 Å². The van der Waals surface area contributed by atoms with E-state index in [1.54, 1.807) is 19.2 Å². The Morgan fingerprint density at radius 1 is 1.06 bits per heavy atom. The number of ether oxygens (including phenoxy) is 1. The Hall–Kier alpha value is -3.73. The maximum atomic E-state index is 14.5. The fourth-order valence-electron chi connectivity index (χ4n) is 4.13. The van der Waals surface area contributed by atoms with Gasteiger partial charge in [-0.3, -0.25) is 4.79 Å². The number of aromatic nitrogens is 2. The average molecular weight is 436 g/mol. The summed E-state index contributed by atoms with van der Waals surface area (Å²) >= 11 is 0. The topological polar surface area (TPSA) is 71.2 Å². The van der Waals surface area contributed by atoms with Crippen molar-refractivity contribution in [2.45, 2.75) is 19.3 Å². The van der Waals surface area contributed by atoms with E-state index in [0.717, 1.165) is 32.4 Å². The van der Waals surface area contributed by atoms with Crippen molar-refractivity contribution in [3.63, 3.8) is 0 Å². The first-order valence-corrected chi connectivity index (χ1v) is 10.3. The van der Waals surface area contributed by atoms with Crippen LogP contribution in [0.4, 0.5) is 14.5 Å². The second kappa shape index (κ2) is 8.79. The fourth-order valence-corrected chi connectivity index (χ4v) is 4.13. The standard InChI is InChI=1S/C24H22F2N4O2/c1-29-22(17-11-20(26)23(32-2)28-14-17)18(15-6-7-16(13-27)19(25)10-15)12-21(24(29)31)30-8-4-3-5-9-30/h6-7,10-12,14H,3-5,8-9H2,1-2H3. The highest BCUT2D eigenvalue weighted by molar-refractivity contribution is 5.83. The third-order valence-corrected chi connectivity index (χ3v) is 5.77. The summed E-state index contributed by atoms with van der Waals surface area (Å²) in [6.45, 7) is 1.52. The van der Waals surface area contributed by atoms with Gasteiger partial charge in [-0.25, -0.2) is 13.8 Å². The first-order chi connectivity index (χ1) is 15.4. The van der Waals surface area contributed by atoms with Crippen LogP contribution in [-0.2, 0) is 7.05 Å². The molecule has 3 heterocycles. The highest BCUT2D eigenvalue weighted by Gasteiger charge is 2.22. The average Bonchev–Trinajstić information content (AvgIpc) is 2.81. The number of methoxy groups -OCH3 is 1. The number of nitrogens with zero attached hydrogens (tertiary/aromatic N) is 4. The van der Waals surface area contributed by atoms with Crippen LogP contribution in [0.5, 0.6) is 5.88 Å². The lowest BCUT2D eigenvalue weighted by molar-refractivity contribution is 0.369. The molecule has 1 aromatic carbocycles. The molecule has 3 aromatic rings. The number of benzene rings is 1. The largest absolute Gasteiger partial charge is 0.479 e. The second-order valence-electron chi connectivity index (χ2n) is 7.73. The summed E-state index contributed by atoms with van der Waals surface area (Å²) in [7, 11) is 2.93. The smallest absolute Gasteiger partial charge is 0.274 e. The van der Waals surface area contributed by atoms with E-state index in [-0.39, 0.29) is 17.0 Å². The van der Waals surface area contributed by atoms with Crippen LogP contribution in [0.25, 0.3) is 22.4 Å². The minimum Gasteiger partial charge on any atom is -0.479 e. The normalized spacial score (nSPS) is 13.7. The molecule has 0 aliphatic carbocycles. The zero-order chi connectivity index (χ0) is 22.8. The number of anilines is 1. The first kappa shape index (κ1) is 21.5. The van der Waals surface area contributed by atoms with Crippen LogP contribution >= 0.6 is 0 Å². The van der Waals surface area contributed by atoms with Crippen molar-refractivity contribution in [2.24, 2.45) is 7.05 Å². The van der Waals surface area contributed by atoms with Gasteiger partial charge in [-0.05, 0) is 49.1 Å². The van der Waals surface area contributed by atoms with E-state index >= 15 is 0 Å². The summed E-state index contributed by atoms with van der Waals surface area (Å²) in [6, 6.07) is 9.06. The molecule has 2 aromatic heterocycles. The molecule has 0 saturated carbocycles. The monoisotopic (exact) mass is 436 g/mol. The van der Waals surface area contributed by atoms with Crippen LogP contribution < -0.4 is 15.2 Å². The molecule has 6 nitrogen and oxygen atoms in total. The third kappa shape index (κ3) is 3.82. The van der Waals surface area contributed by atoms with Crippen LogP contribution in [0.15, 0.2) is 41.3 Å². The van der Waals surface area contributed by atoms with Crippen LogP contribution in [-0.4, -0.2) is 29.8 Å². The van der Waals surface area contributed by atoms with Gasteiger partial charge in [0, 0.05) is 37.5 Å². The number of hydrogen-bond acceptors (Lipinski definition) is 5. The SMILES string of the molecule is COc1ncc(-c2c(-c3ccc(C#N)c(F)c3)cc(N3CCCCC3)c(=O)n2C)cc1F. The number of piperidine rings is 1. The Balaban J connectivity index is 1.98. The maximum absolute atomic E-state index is 14.5. The number of halogens is 2. The number of hydrogen-bond donors (Lipinski definition) is 0. The zero-order valence-corrected chi connectivity index (χ0v) is 17.9. The molecular weight excluding hydrogens is 414 g/mol. The zero-order valence-electron chi connectivity index (χ0n) is 17.9. The van der Waals surface area contributed by atoms with E-state index < -0.39 is 11.6 Å². The molecule has 32 heavy (non-hydrogen) atoms. The lowest BCUT2D eigenvalue weighted by atomic mass is 9.97. The molecule has 0 bridgehead atoms. The Labute approximate surface area is 184 Å². The van der Waals surface area contributed by atoms with Crippen molar-refractivity contribution in [3.05, 3.63) is 64.1 Å². The molecule has 4 rings (SSSR count). The summed E-state index contributed by atoms with van der Waals surface area (Å²) in [5, 5.41) is 9.08. The quantitative estimate of drug-likeness (QED) is 0.611. The third-order valence-electron chi connectivity index (χ3n) is 5.77. The molecule has 0 N–H and O–H groups in total. The molecule has 0 spiro atoms. The van der Waals surface area contributed by atoms with Gasteiger partial charge in [-0.15, -0.1) is 0 Å². The van der Waals surface area contributed by atoms with E-state index in [1.165, 1.54) is 36.1 Å². The van der Waals surface area contributed by atoms with Crippen LogP contribution in [0.3, 0.4) is 0 Å². The molecule has 8 heteroatoms. The summed E-state index contributed by atoms with van der Waals surface area (Å²) in [4.78, 5) is 19.3. The fraction of sp³-hybridized carbons (Fsp3) is 0.292. The van der Waals surface area contributed by atoms with Gasteiger partial charge >= 0.3 is 0 Å². The maximum Gasteiger partial charge on any atom is 0.274 e. The van der Waals surface area contributed by atoms with E-state index in [2.05, 4.69) is 4.98 Å². The minimum absolute atomic E-state index is 0.0754. The Morgan fingerprint density at radius 3 is 2.41 bits per heavy atom. The lowest BCUT2D eigenvalue weighted by Crippen LogP contribution is -2.36. The van der Waals surface area contributed by atoms with Crippen molar-refractivity contribution in [2.75, 3.05) is 25.1 Å². The van der Waals surface area contributed by atoms with Gasteiger partial charge in [0.15, 0.2) is 5.82 Å². The van der Waals surface area contributed by atoms with Crippen LogP contribution in [0, 0.1) is 23.0 Å². The Morgan fingerprint density at radius 2 is 1.78 bits per heavy atom. The minimum atomic E-state index is -0.672. The number of rotatable bonds is 4. The summed E-state index contributed by atoms with van der Waals surface area (Å²) < 4.78 is 35.3. The molecule has 0 amide bonds. The van der Waals surface area contributed by atoms with Gasteiger partial charge in [0.05, 0.1) is 18.4 Å². The van der Waals surface area contributed by atoms with Crippen molar-refractivity contribution in [3.8, 4) is 34.3 Å². The molecule has 164 valence electrons. The van der Waals surface area contributed by atoms with Crippen molar-refractivity contribution in [1.82, 2.24) is 9.55 Å². The van der Waals surface area contributed by atoms with Crippen molar-refractivity contribution in [1.29, 1.82) is 5.26 Å². The van der Waals surface area contributed by atoms with Crippen LogP contribution in [0.1, 0.15) is 24.8 Å². The van der Waals surface area contributed by atoms with Gasteiger partial charge in [-0.1, -0.05) is 6.07 Å². The Kier molecular flexibility index (Phi) is 5.91. The van der Waals surface area contributed by atoms with Gasteiger partial charge in [0.2, 0.25) is 5.88 Å². The highest BCUT2D eigenvalue weighted by atomic mass is 19.1. The van der Waals surface area contributed by atoms with E-state index in [0.29, 0.717) is 28.1 Å². The van der Waals surface area contributed by atoms with Gasteiger partial charge in [0.1, 0.15) is 17.6 Å². The molecule has 0 radical (unpaired) electrons. The molecule has 1 saturated heterocycles. The van der Waals surface area contributed by atoms with E-state index in [4.69, 9.17) is 10.00 Å².